The number of unbranched alkanes of at least 4 members (excludes halogenated alkanes) is 16. The van der Waals surface area contributed by atoms with E-state index in [1.165, 1.54) is 70.6 Å². The normalized spacial score (nSPS) is 10.8. The van der Waals surface area contributed by atoms with Crippen molar-refractivity contribution in [3.05, 3.63) is 12.2 Å². The zero-order chi connectivity index (χ0) is 24.4. The Morgan fingerprint density at radius 2 is 0.879 bits per heavy atom. The third-order valence-electron chi connectivity index (χ3n) is 6.06. The predicted molar refractivity (Wildman–Crippen MR) is 139 cm³/mol. The number of hydrogen-bond acceptors (Lipinski definition) is 4. The Balaban J connectivity index is 3.25. The highest BCUT2D eigenvalue weighted by Gasteiger charge is 2.04. The summed E-state index contributed by atoms with van der Waals surface area (Å²) in [7, 11) is 0. The monoisotopic (exact) mass is 466 g/mol. The van der Waals surface area contributed by atoms with E-state index in [0.717, 1.165) is 56.9 Å². The lowest BCUT2D eigenvalue weighted by Gasteiger charge is -2.06. The first-order valence-electron chi connectivity index (χ1n) is 14.0. The van der Waals surface area contributed by atoms with Crippen molar-refractivity contribution in [1.82, 2.24) is 0 Å². The summed E-state index contributed by atoms with van der Waals surface area (Å²) in [6, 6.07) is 0. The maximum Gasteiger partial charge on any atom is 0.305 e. The fourth-order valence-corrected chi connectivity index (χ4v) is 3.86. The summed E-state index contributed by atoms with van der Waals surface area (Å²) in [6.07, 6.45) is 23.7. The van der Waals surface area contributed by atoms with Crippen LogP contribution in [0.5, 0.6) is 0 Å². The molecule has 0 heterocycles. The summed E-state index contributed by atoms with van der Waals surface area (Å²) in [4.78, 5) is 23.4. The van der Waals surface area contributed by atoms with Crippen LogP contribution in [0.25, 0.3) is 0 Å². The van der Waals surface area contributed by atoms with Crippen molar-refractivity contribution in [2.24, 2.45) is 0 Å². The SMILES string of the molecule is C=C(C)CCOC(=O)CCCCCCCCC(=O)OCCCCCCCCCCCCCC. The predicted octanol–water partition coefficient (Wildman–Crippen LogP) is 8.86. The lowest BCUT2D eigenvalue weighted by atomic mass is 10.1. The van der Waals surface area contributed by atoms with Gasteiger partial charge in [-0.15, -0.1) is 6.58 Å². The Kier molecular flexibility index (Phi) is 24.3. The summed E-state index contributed by atoms with van der Waals surface area (Å²) >= 11 is 0. The molecule has 0 radical (unpaired) electrons. The summed E-state index contributed by atoms with van der Waals surface area (Å²) in [6.45, 7) is 9.03. The van der Waals surface area contributed by atoms with E-state index < -0.39 is 0 Å². The molecule has 194 valence electrons. The molecule has 0 aromatic carbocycles. The molecule has 0 bridgehead atoms. The molecule has 0 aliphatic heterocycles. The van der Waals surface area contributed by atoms with Crippen LogP contribution < -0.4 is 0 Å². The highest BCUT2D eigenvalue weighted by atomic mass is 16.5. The van der Waals surface area contributed by atoms with Gasteiger partial charge in [0, 0.05) is 19.3 Å². The number of rotatable bonds is 25. The highest BCUT2D eigenvalue weighted by molar-refractivity contribution is 5.69. The first-order valence-corrected chi connectivity index (χ1v) is 14.0. The minimum atomic E-state index is -0.104. The molecule has 0 fully saturated rings. The number of ether oxygens (including phenoxy) is 2. The molecule has 4 nitrogen and oxygen atoms in total. The number of esters is 2. The second-order valence-corrected chi connectivity index (χ2v) is 9.66. The minimum absolute atomic E-state index is 0.0458. The van der Waals surface area contributed by atoms with Crippen molar-refractivity contribution in [2.75, 3.05) is 13.2 Å². The average molecular weight is 467 g/mol. The number of carbonyl (C=O) groups excluding carboxylic acids is 2. The number of hydrogen-bond donors (Lipinski definition) is 0. The molecule has 0 saturated heterocycles. The molecule has 0 aromatic heterocycles. The molecule has 0 N–H and O–H groups in total. The van der Waals surface area contributed by atoms with Crippen LogP contribution in [0.15, 0.2) is 12.2 Å². The summed E-state index contributed by atoms with van der Waals surface area (Å²) < 4.78 is 10.5. The first-order chi connectivity index (χ1) is 16.1. The molecule has 4 heteroatoms. The number of carbonyl (C=O) groups is 2. The molecular weight excluding hydrogens is 412 g/mol. The fourth-order valence-electron chi connectivity index (χ4n) is 3.86. The van der Waals surface area contributed by atoms with E-state index in [1.807, 2.05) is 6.92 Å². The Hall–Kier alpha value is -1.32. The molecule has 0 aromatic rings. The van der Waals surface area contributed by atoms with Crippen molar-refractivity contribution in [2.45, 2.75) is 149 Å². The molecule has 0 spiro atoms. The second-order valence-electron chi connectivity index (χ2n) is 9.66. The molecule has 0 aliphatic carbocycles. The van der Waals surface area contributed by atoms with E-state index in [4.69, 9.17) is 9.47 Å². The van der Waals surface area contributed by atoms with Gasteiger partial charge in [0.2, 0.25) is 0 Å². The Morgan fingerprint density at radius 1 is 0.515 bits per heavy atom. The van der Waals surface area contributed by atoms with Crippen LogP contribution in [-0.2, 0) is 19.1 Å². The van der Waals surface area contributed by atoms with E-state index in [0.29, 0.717) is 26.1 Å². The van der Waals surface area contributed by atoms with Crippen LogP contribution >= 0.6 is 0 Å². The summed E-state index contributed by atoms with van der Waals surface area (Å²) in [5.41, 5.74) is 1.04. The largest absolute Gasteiger partial charge is 0.466 e. The van der Waals surface area contributed by atoms with Crippen LogP contribution in [0.2, 0.25) is 0 Å². The third kappa shape index (κ3) is 26.8. The van der Waals surface area contributed by atoms with Crippen LogP contribution in [0.4, 0.5) is 0 Å². The first kappa shape index (κ1) is 31.7. The molecule has 0 amide bonds. The van der Waals surface area contributed by atoms with Crippen molar-refractivity contribution in [1.29, 1.82) is 0 Å². The zero-order valence-corrected chi connectivity index (χ0v) is 22.1. The van der Waals surface area contributed by atoms with Crippen molar-refractivity contribution in [3.63, 3.8) is 0 Å². The zero-order valence-electron chi connectivity index (χ0n) is 22.1. The topological polar surface area (TPSA) is 52.6 Å². The van der Waals surface area contributed by atoms with Crippen LogP contribution in [0, 0.1) is 0 Å². The molecule has 0 atom stereocenters. The second kappa shape index (κ2) is 25.3. The van der Waals surface area contributed by atoms with Gasteiger partial charge in [0.15, 0.2) is 0 Å². The molecular formula is C29H54O4. The van der Waals surface area contributed by atoms with Gasteiger partial charge >= 0.3 is 11.9 Å². The quantitative estimate of drug-likeness (QED) is 0.0765. The maximum atomic E-state index is 11.8. The van der Waals surface area contributed by atoms with Gasteiger partial charge in [-0.2, -0.15) is 0 Å². The van der Waals surface area contributed by atoms with Crippen molar-refractivity contribution in [3.8, 4) is 0 Å². The smallest absolute Gasteiger partial charge is 0.305 e. The van der Waals surface area contributed by atoms with Gasteiger partial charge in [-0.05, 0) is 26.2 Å². The summed E-state index contributed by atoms with van der Waals surface area (Å²) in [5, 5.41) is 0. The van der Waals surface area contributed by atoms with E-state index in [-0.39, 0.29) is 11.9 Å². The lowest BCUT2D eigenvalue weighted by Crippen LogP contribution is -2.06. The fraction of sp³-hybridized carbons (Fsp3) is 0.862. The van der Waals surface area contributed by atoms with Gasteiger partial charge in [-0.3, -0.25) is 9.59 Å². The van der Waals surface area contributed by atoms with Crippen LogP contribution in [0.1, 0.15) is 149 Å². The molecule has 0 unspecified atom stereocenters. The van der Waals surface area contributed by atoms with Crippen molar-refractivity contribution >= 4 is 11.9 Å². The molecule has 0 rings (SSSR count). The average Bonchev–Trinajstić information content (AvgIpc) is 2.78. The van der Waals surface area contributed by atoms with Gasteiger partial charge in [0.25, 0.3) is 0 Å². The molecule has 0 aliphatic rings. The van der Waals surface area contributed by atoms with Gasteiger partial charge in [0.05, 0.1) is 13.2 Å². The Bertz CT molecular complexity index is 472. The van der Waals surface area contributed by atoms with Gasteiger partial charge < -0.3 is 9.47 Å². The lowest BCUT2D eigenvalue weighted by molar-refractivity contribution is -0.144. The van der Waals surface area contributed by atoms with Crippen LogP contribution in [0.3, 0.4) is 0 Å². The van der Waals surface area contributed by atoms with E-state index in [9.17, 15) is 9.59 Å². The van der Waals surface area contributed by atoms with Gasteiger partial charge in [-0.1, -0.05) is 109 Å². The van der Waals surface area contributed by atoms with E-state index in [2.05, 4.69) is 13.5 Å². The minimum Gasteiger partial charge on any atom is -0.466 e. The van der Waals surface area contributed by atoms with E-state index >= 15 is 0 Å². The van der Waals surface area contributed by atoms with Crippen LogP contribution in [-0.4, -0.2) is 25.2 Å². The maximum absolute atomic E-state index is 11.8. The summed E-state index contributed by atoms with van der Waals surface area (Å²) in [5.74, 6) is -0.150. The van der Waals surface area contributed by atoms with E-state index in [1.54, 1.807) is 0 Å². The molecule has 0 saturated carbocycles. The van der Waals surface area contributed by atoms with Crippen molar-refractivity contribution < 1.29 is 19.1 Å². The standard InChI is InChI=1S/C29H54O4/c1-4-5-6-7-8-9-10-11-12-15-18-21-25-32-28(30)22-19-16-13-14-17-20-23-29(31)33-26-24-27(2)3/h2,4-26H2,1,3H3. The Labute approximate surface area is 205 Å². The van der Waals surface area contributed by atoms with Gasteiger partial charge in [-0.25, -0.2) is 0 Å². The third-order valence-corrected chi connectivity index (χ3v) is 6.06. The Morgan fingerprint density at radius 3 is 1.30 bits per heavy atom. The highest BCUT2D eigenvalue weighted by Crippen LogP contribution is 2.13. The molecule has 33 heavy (non-hydrogen) atoms. The van der Waals surface area contributed by atoms with Gasteiger partial charge in [0.1, 0.15) is 0 Å².